The predicted octanol–water partition coefficient (Wildman–Crippen LogP) is 3.02. The number of nitrogens with zero attached hydrogens (tertiary/aromatic N) is 2. The second kappa shape index (κ2) is 6.77. The number of carbonyl (C=O) groups excluding carboxylic acids is 1. The molecular weight excluding hydrogens is 330 g/mol. The first kappa shape index (κ1) is 19.9. The SMILES string of the molecule is CCS(=O)(=O)c1cc(C(C)(C)C#N)cnc1NC(=O)OC(C)(C)C. The quantitative estimate of drug-likeness (QED) is 0.891. The molecule has 0 aromatic carbocycles. The van der Waals surface area contributed by atoms with Gasteiger partial charge in [-0.3, -0.25) is 5.32 Å². The van der Waals surface area contributed by atoms with Gasteiger partial charge in [-0.25, -0.2) is 18.2 Å². The zero-order valence-corrected chi connectivity index (χ0v) is 15.6. The summed E-state index contributed by atoms with van der Waals surface area (Å²) in [6.07, 6.45) is 0.583. The highest BCUT2D eigenvalue weighted by Gasteiger charge is 2.27. The molecule has 7 nitrogen and oxygen atoms in total. The van der Waals surface area contributed by atoms with E-state index in [4.69, 9.17) is 4.74 Å². The van der Waals surface area contributed by atoms with Crippen molar-refractivity contribution in [2.24, 2.45) is 0 Å². The largest absolute Gasteiger partial charge is 0.444 e. The van der Waals surface area contributed by atoms with E-state index in [1.807, 2.05) is 0 Å². The van der Waals surface area contributed by atoms with Crippen molar-refractivity contribution in [2.45, 2.75) is 57.5 Å². The number of carbonyl (C=O) groups is 1. The average Bonchev–Trinajstić information content (AvgIpc) is 2.45. The Morgan fingerprint density at radius 3 is 2.38 bits per heavy atom. The van der Waals surface area contributed by atoms with E-state index in [2.05, 4.69) is 16.4 Å². The topological polar surface area (TPSA) is 109 Å². The number of nitrogens with one attached hydrogen (secondary N) is 1. The fourth-order valence-electron chi connectivity index (χ4n) is 1.74. The van der Waals surface area contributed by atoms with Crippen LogP contribution < -0.4 is 5.32 Å². The molecule has 0 saturated carbocycles. The van der Waals surface area contributed by atoms with Crippen LogP contribution in [0.3, 0.4) is 0 Å². The fourth-order valence-corrected chi connectivity index (χ4v) is 2.75. The van der Waals surface area contributed by atoms with Crippen molar-refractivity contribution in [1.29, 1.82) is 5.26 Å². The highest BCUT2D eigenvalue weighted by Crippen LogP contribution is 2.28. The Kier molecular flexibility index (Phi) is 5.62. The van der Waals surface area contributed by atoms with Gasteiger partial charge in [0.25, 0.3) is 0 Å². The lowest BCUT2D eigenvalue weighted by atomic mass is 9.88. The van der Waals surface area contributed by atoms with Gasteiger partial charge >= 0.3 is 6.09 Å². The van der Waals surface area contributed by atoms with E-state index >= 15 is 0 Å². The number of sulfone groups is 1. The standard InChI is InChI=1S/C16H23N3O4S/c1-7-24(21,22)12-8-11(16(5,6)10-17)9-18-13(12)19-14(20)23-15(2,3)4/h8-9H,7H2,1-6H3,(H,18,19,20). The third-order valence-corrected chi connectivity index (χ3v) is 4.93. The molecule has 0 bridgehead atoms. The molecule has 0 aliphatic heterocycles. The third-order valence-electron chi connectivity index (χ3n) is 3.19. The van der Waals surface area contributed by atoms with Crippen LogP contribution in [0.1, 0.15) is 47.1 Å². The van der Waals surface area contributed by atoms with Gasteiger partial charge in [0.05, 0.1) is 17.2 Å². The first-order valence-electron chi connectivity index (χ1n) is 7.47. The van der Waals surface area contributed by atoms with Crippen LogP contribution in [0.4, 0.5) is 10.6 Å². The Morgan fingerprint density at radius 1 is 1.33 bits per heavy atom. The number of amides is 1. The van der Waals surface area contributed by atoms with Crippen LogP contribution in [0, 0.1) is 11.3 Å². The van der Waals surface area contributed by atoms with Crippen LogP contribution in [0.25, 0.3) is 0 Å². The number of hydrogen-bond acceptors (Lipinski definition) is 6. The number of ether oxygens (including phenoxy) is 1. The summed E-state index contributed by atoms with van der Waals surface area (Å²) in [5.41, 5.74) is -1.18. The maximum absolute atomic E-state index is 12.3. The molecule has 8 heteroatoms. The molecule has 0 fully saturated rings. The highest BCUT2D eigenvalue weighted by molar-refractivity contribution is 7.91. The van der Waals surface area contributed by atoms with Crippen LogP contribution in [-0.2, 0) is 20.0 Å². The van der Waals surface area contributed by atoms with Gasteiger partial charge < -0.3 is 4.74 Å². The number of nitriles is 1. The molecule has 0 radical (unpaired) electrons. The van der Waals surface area contributed by atoms with Crippen molar-refractivity contribution < 1.29 is 17.9 Å². The number of anilines is 1. The molecule has 0 saturated heterocycles. The van der Waals surface area contributed by atoms with Crippen LogP contribution in [0.5, 0.6) is 0 Å². The van der Waals surface area contributed by atoms with Crippen LogP contribution >= 0.6 is 0 Å². The summed E-state index contributed by atoms with van der Waals surface area (Å²) in [5, 5.41) is 11.6. The van der Waals surface area contributed by atoms with Gasteiger partial charge in [0.15, 0.2) is 15.7 Å². The van der Waals surface area contributed by atoms with E-state index in [0.717, 1.165) is 0 Å². The smallest absolute Gasteiger partial charge is 0.413 e. The van der Waals surface area contributed by atoms with Crippen molar-refractivity contribution >= 4 is 21.7 Å². The van der Waals surface area contributed by atoms with Gasteiger partial charge in [-0.05, 0) is 46.2 Å². The van der Waals surface area contributed by atoms with E-state index in [0.29, 0.717) is 5.56 Å². The fraction of sp³-hybridized carbons (Fsp3) is 0.562. The Balaban J connectivity index is 3.36. The summed E-state index contributed by atoms with van der Waals surface area (Å²) < 4.78 is 29.8. The van der Waals surface area contributed by atoms with Gasteiger partial charge in [0.1, 0.15) is 10.5 Å². The van der Waals surface area contributed by atoms with Gasteiger partial charge in [-0.2, -0.15) is 5.26 Å². The van der Waals surface area contributed by atoms with Crippen molar-refractivity contribution in [3.05, 3.63) is 17.8 Å². The molecule has 132 valence electrons. The highest BCUT2D eigenvalue weighted by atomic mass is 32.2. The zero-order valence-electron chi connectivity index (χ0n) is 14.8. The van der Waals surface area contributed by atoms with E-state index in [1.54, 1.807) is 34.6 Å². The molecule has 1 N–H and O–H groups in total. The maximum Gasteiger partial charge on any atom is 0.413 e. The van der Waals surface area contributed by atoms with E-state index in [-0.39, 0.29) is 16.5 Å². The minimum absolute atomic E-state index is 0.108. The molecule has 1 aromatic heterocycles. The van der Waals surface area contributed by atoms with Gasteiger partial charge in [0, 0.05) is 6.20 Å². The first-order chi connectivity index (χ1) is 10.8. The molecular formula is C16H23N3O4S. The van der Waals surface area contributed by atoms with Crippen molar-refractivity contribution in [3.8, 4) is 6.07 Å². The predicted molar refractivity (Wildman–Crippen MR) is 90.5 cm³/mol. The number of aromatic nitrogens is 1. The summed E-state index contributed by atoms with van der Waals surface area (Å²) in [4.78, 5) is 15.8. The van der Waals surface area contributed by atoms with Crippen LogP contribution in [-0.4, -0.2) is 30.8 Å². The van der Waals surface area contributed by atoms with Crippen molar-refractivity contribution in [1.82, 2.24) is 4.98 Å². The molecule has 1 rings (SSSR count). The van der Waals surface area contributed by atoms with E-state index in [9.17, 15) is 18.5 Å². The molecule has 0 aliphatic rings. The molecule has 0 spiro atoms. The zero-order chi connectivity index (χ0) is 18.8. The summed E-state index contributed by atoms with van der Waals surface area (Å²) in [6.45, 7) is 9.90. The number of hydrogen-bond donors (Lipinski definition) is 1. The Hall–Kier alpha value is -2.14. The minimum Gasteiger partial charge on any atom is -0.444 e. The Labute approximate surface area is 143 Å². The second-order valence-corrected chi connectivity index (χ2v) is 9.08. The van der Waals surface area contributed by atoms with E-state index in [1.165, 1.54) is 19.2 Å². The normalized spacial score (nSPS) is 12.4. The lowest BCUT2D eigenvalue weighted by Gasteiger charge is -2.21. The summed E-state index contributed by atoms with van der Waals surface area (Å²) in [5.74, 6) is -0.266. The van der Waals surface area contributed by atoms with Crippen LogP contribution in [0.2, 0.25) is 0 Å². The van der Waals surface area contributed by atoms with Gasteiger partial charge in [-0.15, -0.1) is 0 Å². The van der Waals surface area contributed by atoms with Gasteiger partial charge in [0.2, 0.25) is 0 Å². The minimum atomic E-state index is -3.65. The molecule has 1 heterocycles. The Bertz CT molecular complexity index is 771. The van der Waals surface area contributed by atoms with Crippen molar-refractivity contribution in [3.63, 3.8) is 0 Å². The Morgan fingerprint density at radius 2 is 1.92 bits per heavy atom. The number of rotatable bonds is 4. The monoisotopic (exact) mass is 353 g/mol. The summed E-state index contributed by atoms with van der Waals surface area (Å²) in [7, 11) is -3.65. The lowest BCUT2D eigenvalue weighted by molar-refractivity contribution is 0.0635. The molecule has 24 heavy (non-hydrogen) atoms. The maximum atomic E-state index is 12.3. The second-order valence-electron chi connectivity index (χ2n) is 6.84. The molecule has 0 atom stereocenters. The van der Waals surface area contributed by atoms with Crippen molar-refractivity contribution in [2.75, 3.05) is 11.1 Å². The lowest BCUT2D eigenvalue weighted by Crippen LogP contribution is -2.28. The molecule has 1 amide bonds. The molecule has 1 aromatic rings. The van der Waals surface area contributed by atoms with Crippen LogP contribution in [0.15, 0.2) is 17.2 Å². The molecule has 0 unspecified atom stereocenters. The molecule has 0 aliphatic carbocycles. The van der Waals surface area contributed by atoms with E-state index < -0.39 is 26.9 Å². The number of pyridine rings is 1. The third kappa shape index (κ3) is 4.93. The summed E-state index contributed by atoms with van der Waals surface area (Å²) >= 11 is 0. The summed E-state index contributed by atoms with van der Waals surface area (Å²) in [6, 6.07) is 3.48. The average molecular weight is 353 g/mol. The van der Waals surface area contributed by atoms with Gasteiger partial charge in [-0.1, -0.05) is 6.92 Å². The first-order valence-corrected chi connectivity index (χ1v) is 9.12.